The summed E-state index contributed by atoms with van der Waals surface area (Å²) >= 11 is 8.10. The van der Waals surface area contributed by atoms with Gasteiger partial charge in [0.05, 0.1) is 17.9 Å². The molecule has 2 bridgehead atoms. The van der Waals surface area contributed by atoms with E-state index in [9.17, 15) is 14.4 Å². The largest absolute Gasteiger partial charge is 0.359 e. The number of thioether (sulfide) groups is 1. The van der Waals surface area contributed by atoms with Gasteiger partial charge in [0.2, 0.25) is 17.7 Å². The third-order valence-electron chi connectivity index (χ3n) is 9.60. The molecule has 41 heavy (non-hydrogen) atoms. The van der Waals surface area contributed by atoms with Gasteiger partial charge < -0.3 is 20.3 Å². The summed E-state index contributed by atoms with van der Waals surface area (Å²) in [7, 11) is 0. The summed E-state index contributed by atoms with van der Waals surface area (Å²) in [5.41, 5.74) is 0.181. The summed E-state index contributed by atoms with van der Waals surface area (Å²) in [6.07, 6.45) is 8.18. The van der Waals surface area contributed by atoms with Crippen LogP contribution in [-0.2, 0) is 25.7 Å². The maximum Gasteiger partial charge on any atom is 0.246 e. The van der Waals surface area contributed by atoms with E-state index in [1.54, 1.807) is 22.7 Å². The minimum atomic E-state index is -1.22. The van der Waals surface area contributed by atoms with Gasteiger partial charge in [-0.05, 0) is 54.3 Å². The van der Waals surface area contributed by atoms with E-state index in [0.717, 1.165) is 29.7 Å². The fraction of sp³-hybridized carbons (Fsp3) is 0.469. The van der Waals surface area contributed by atoms with E-state index in [-0.39, 0.29) is 30.3 Å². The fourth-order valence-corrected chi connectivity index (χ4v) is 7.88. The monoisotopic (exact) mass is 593 g/mol. The van der Waals surface area contributed by atoms with E-state index in [4.69, 9.17) is 16.3 Å². The van der Waals surface area contributed by atoms with Gasteiger partial charge in [0.15, 0.2) is 0 Å². The Morgan fingerprint density at radius 3 is 2.71 bits per heavy atom. The van der Waals surface area contributed by atoms with Crippen LogP contribution in [-0.4, -0.2) is 52.7 Å². The van der Waals surface area contributed by atoms with Gasteiger partial charge >= 0.3 is 0 Å². The number of halogens is 1. The summed E-state index contributed by atoms with van der Waals surface area (Å²) in [5, 5.41) is 6.83. The van der Waals surface area contributed by atoms with Gasteiger partial charge in [0.1, 0.15) is 11.6 Å². The van der Waals surface area contributed by atoms with E-state index < -0.39 is 29.6 Å². The van der Waals surface area contributed by atoms with Gasteiger partial charge in [-0.2, -0.15) is 0 Å². The molecule has 2 saturated heterocycles. The Bertz CT molecular complexity index is 1400. The molecular formula is C32H36ClN3O4S. The fourth-order valence-electron chi connectivity index (χ4n) is 7.22. The standard InChI is InChI=1S/C32H36ClN3O4S/c1-18-8-6-13-24(19(18)2)35-30(38)28-32-15-14-25(40-32)26(29(37)34-21-10-7-11-22(16-21)41-3)27(32)31(39)36(28)17-20-9-4-5-12-23(20)33/h4-5,7,9-12,14-16,18-19,24-28H,6,8,13,17H2,1-3H3,(H,34,37)(H,35,38)/t18-,19+,24-,25+,26-,27+,28+,32+/m1/s1. The zero-order valence-corrected chi connectivity index (χ0v) is 25.1. The molecule has 216 valence electrons. The summed E-state index contributed by atoms with van der Waals surface area (Å²) < 4.78 is 6.51. The van der Waals surface area contributed by atoms with Gasteiger partial charge in [0.25, 0.3) is 0 Å². The van der Waals surface area contributed by atoms with Crippen molar-refractivity contribution < 1.29 is 19.1 Å². The molecule has 4 aliphatic rings. The number of nitrogens with zero attached hydrogens (tertiary/aromatic N) is 1. The number of carbonyl (C=O) groups excluding carboxylic acids is 3. The maximum atomic E-state index is 14.3. The Labute approximate surface area is 250 Å². The molecule has 0 unspecified atom stereocenters. The molecule has 6 rings (SSSR count). The van der Waals surface area contributed by atoms with Crippen molar-refractivity contribution in [2.75, 3.05) is 11.6 Å². The summed E-state index contributed by atoms with van der Waals surface area (Å²) in [4.78, 5) is 44.9. The molecule has 0 aromatic heterocycles. The molecule has 3 aliphatic heterocycles. The minimum absolute atomic E-state index is 0.0179. The van der Waals surface area contributed by atoms with Gasteiger partial charge in [-0.15, -0.1) is 11.8 Å². The summed E-state index contributed by atoms with van der Waals surface area (Å²) in [6.45, 7) is 4.56. The molecule has 2 aromatic carbocycles. The number of rotatable bonds is 7. The van der Waals surface area contributed by atoms with Crippen molar-refractivity contribution in [3.8, 4) is 0 Å². The van der Waals surface area contributed by atoms with Gasteiger partial charge in [-0.3, -0.25) is 14.4 Å². The highest BCUT2D eigenvalue weighted by Crippen LogP contribution is 2.55. The Morgan fingerprint density at radius 1 is 1.12 bits per heavy atom. The number of hydrogen-bond donors (Lipinski definition) is 2. The van der Waals surface area contributed by atoms with Crippen LogP contribution in [0.4, 0.5) is 5.69 Å². The topological polar surface area (TPSA) is 87.7 Å². The Kier molecular flexibility index (Phi) is 7.68. The predicted molar refractivity (Wildman–Crippen MR) is 160 cm³/mol. The van der Waals surface area contributed by atoms with Crippen LogP contribution in [0.5, 0.6) is 0 Å². The Morgan fingerprint density at radius 2 is 1.93 bits per heavy atom. The Balaban J connectivity index is 1.33. The molecule has 2 N–H and O–H groups in total. The van der Waals surface area contributed by atoms with E-state index in [1.165, 1.54) is 0 Å². The van der Waals surface area contributed by atoms with Crippen LogP contribution in [0.1, 0.15) is 38.7 Å². The average molecular weight is 594 g/mol. The molecule has 1 spiro atoms. The van der Waals surface area contributed by atoms with E-state index in [2.05, 4.69) is 24.5 Å². The van der Waals surface area contributed by atoms with Gasteiger partial charge in [-0.1, -0.05) is 74.7 Å². The highest BCUT2D eigenvalue weighted by Gasteiger charge is 2.72. The van der Waals surface area contributed by atoms with Crippen molar-refractivity contribution in [2.24, 2.45) is 23.7 Å². The zero-order valence-electron chi connectivity index (χ0n) is 23.5. The van der Waals surface area contributed by atoms with E-state index >= 15 is 0 Å². The van der Waals surface area contributed by atoms with Crippen molar-refractivity contribution in [1.82, 2.24) is 10.2 Å². The third kappa shape index (κ3) is 4.88. The molecule has 9 heteroatoms. The first kappa shape index (κ1) is 28.3. The number of anilines is 1. The number of carbonyl (C=O) groups is 3. The Hall–Kier alpha value is -2.81. The molecular weight excluding hydrogens is 558 g/mol. The molecule has 3 heterocycles. The normalized spacial score (nSPS) is 33.6. The van der Waals surface area contributed by atoms with Crippen molar-refractivity contribution in [3.05, 3.63) is 71.3 Å². The number of likely N-dealkylation sites (tertiary alicyclic amines) is 1. The quantitative estimate of drug-likeness (QED) is 0.336. The zero-order chi connectivity index (χ0) is 28.9. The maximum absolute atomic E-state index is 14.3. The SMILES string of the molecule is CSc1cccc(NC(=O)[C@@H]2[C@@H]3C=C[C@]4(O3)[C@@H]2C(=O)N(Cc2ccccc2Cl)[C@H]4C(=O)N[C@@H]2CCC[C@@H](C)[C@@H]2C)c1. The average Bonchev–Trinajstić information content (AvgIpc) is 3.60. The molecule has 2 aromatic rings. The molecule has 1 saturated carbocycles. The van der Waals surface area contributed by atoms with Crippen LogP contribution < -0.4 is 10.6 Å². The highest BCUT2D eigenvalue weighted by molar-refractivity contribution is 7.98. The summed E-state index contributed by atoms with van der Waals surface area (Å²) in [5.74, 6) is -1.54. The van der Waals surface area contributed by atoms with Crippen LogP contribution in [0.2, 0.25) is 5.02 Å². The second kappa shape index (κ2) is 11.1. The number of amides is 3. The van der Waals surface area contributed by atoms with Crippen molar-refractivity contribution in [3.63, 3.8) is 0 Å². The highest BCUT2D eigenvalue weighted by atomic mass is 35.5. The lowest BCUT2D eigenvalue weighted by atomic mass is 9.73. The number of hydrogen-bond acceptors (Lipinski definition) is 5. The second-order valence-electron chi connectivity index (χ2n) is 11.9. The lowest BCUT2D eigenvalue weighted by Gasteiger charge is -2.38. The molecule has 0 radical (unpaired) electrons. The number of fused-ring (bicyclic) bond motifs is 1. The predicted octanol–water partition coefficient (Wildman–Crippen LogP) is 5.29. The first-order valence-electron chi connectivity index (χ1n) is 14.4. The van der Waals surface area contributed by atoms with Gasteiger partial charge in [-0.25, -0.2) is 0 Å². The van der Waals surface area contributed by atoms with Crippen molar-refractivity contribution >= 4 is 46.8 Å². The molecule has 1 aliphatic carbocycles. The molecule has 8 atom stereocenters. The lowest BCUT2D eigenvalue weighted by Crippen LogP contribution is -2.57. The van der Waals surface area contributed by atoms with Crippen LogP contribution >= 0.6 is 23.4 Å². The first-order valence-corrected chi connectivity index (χ1v) is 16.0. The van der Waals surface area contributed by atoms with E-state index in [1.807, 2.05) is 60.9 Å². The molecule has 3 fully saturated rings. The minimum Gasteiger partial charge on any atom is -0.359 e. The smallest absolute Gasteiger partial charge is 0.246 e. The molecule has 7 nitrogen and oxygen atoms in total. The van der Waals surface area contributed by atoms with Crippen LogP contribution in [0.15, 0.2) is 65.6 Å². The second-order valence-corrected chi connectivity index (χ2v) is 13.1. The third-order valence-corrected chi connectivity index (χ3v) is 10.7. The summed E-state index contributed by atoms with van der Waals surface area (Å²) in [6, 6.07) is 14.0. The van der Waals surface area contributed by atoms with Crippen LogP contribution in [0.25, 0.3) is 0 Å². The molecule has 3 amide bonds. The van der Waals surface area contributed by atoms with Crippen molar-refractivity contribution in [2.45, 2.75) is 68.3 Å². The van der Waals surface area contributed by atoms with Crippen molar-refractivity contribution in [1.29, 1.82) is 0 Å². The lowest BCUT2D eigenvalue weighted by molar-refractivity contribution is -0.142. The first-order chi connectivity index (χ1) is 19.7. The van der Waals surface area contributed by atoms with Crippen LogP contribution in [0.3, 0.4) is 0 Å². The van der Waals surface area contributed by atoms with Gasteiger partial charge in [0, 0.05) is 28.2 Å². The van der Waals surface area contributed by atoms with E-state index in [0.29, 0.717) is 22.5 Å². The number of nitrogens with one attached hydrogen (secondary N) is 2. The number of benzene rings is 2. The number of ether oxygens (including phenoxy) is 1. The van der Waals surface area contributed by atoms with Crippen LogP contribution in [0, 0.1) is 23.7 Å².